The molecule has 0 spiro atoms. The Morgan fingerprint density at radius 3 is 2.61 bits per heavy atom. The highest BCUT2D eigenvalue weighted by molar-refractivity contribution is 5.92. The van der Waals surface area contributed by atoms with Crippen molar-refractivity contribution in [2.24, 2.45) is 0 Å². The molecule has 18 heavy (non-hydrogen) atoms. The molecule has 1 aliphatic heterocycles. The fourth-order valence-corrected chi connectivity index (χ4v) is 2.48. The number of amides is 1. The zero-order chi connectivity index (χ0) is 13.0. The molecule has 2 rings (SSSR count). The number of carboxylic acid groups (broad SMARTS) is 1. The monoisotopic (exact) mass is 255 g/mol. The summed E-state index contributed by atoms with van der Waals surface area (Å²) in [6, 6.07) is 0. The molecule has 2 N–H and O–H groups in total. The first kappa shape index (κ1) is 12.7. The van der Waals surface area contributed by atoms with E-state index in [0.717, 1.165) is 12.8 Å². The van der Waals surface area contributed by atoms with Crippen molar-refractivity contribution >= 4 is 11.9 Å². The summed E-state index contributed by atoms with van der Waals surface area (Å²) in [5.74, 6) is -1.16. The summed E-state index contributed by atoms with van der Waals surface area (Å²) in [4.78, 5) is 22.9. The molecule has 0 atom stereocenters. The van der Waals surface area contributed by atoms with Crippen LogP contribution in [0.15, 0.2) is 12.0 Å². The van der Waals surface area contributed by atoms with Crippen molar-refractivity contribution in [3.05, 3.63) is 12.0 Å². The van der Waals surface area contributed by atoms with Gasteiger partial charge in [0, 0.05) is 0 Å². The van der Waals surface area contributed by atoms with Gasteiger partial charge in [-0.15, -0.1) is 0 Å². The van der Waals surface area contributed by atoms with Gasteiger partial charge in [0.15, 0.2) is 0 Å². The number of carbonyl (C=O) groups excluding carboxylic acids is 1. The lowest BCUT2D eigenvalue weighted by atomic mass is 9.93. The lowest BCUT2D eigenvalue weighted by Crippen LogP contribution is -2.48. The number of rotatable bonds is 4. The highest BCUT2D eigenvalue weighted by Gasteiger charge is 2.38. The predicted octanol–water partition coefficient (Wildman–Crippen LogP) is 0.778. The number of hydrogen-bond acceptors (Lipinski definition) is 4. The lowest BCUT2D eigenvalue weighted by Gasteiger charge is -2.29. The first-order chi connectivity index (χ1) is 8.61. The highest BCUT2D eigenvalue weighted by Crippen LogP contribution is 2.33. The van der Waals surface area contributed by atoms with Gasteiger partial charge < -0.3 is 19.9 Å². The van der Waals surface area contributed by atoms with Crippen molar-refractivity contribution in [2.75, 3.05) is 13.2 Å². The fourth-order valence-electron chi connectivity index (χ4n) is 2.48. The van der Waals surface area contributed by atoms with Crippen LogP contribution in [0.5, 0.6) is 0 Å². The van der Waals surface area contributed by atoms with Crippen LogP contribution >= 0.6 is 0 Å². The molecule has 6 heteroatoms. The van der Waals surface area contributed by atoms with E-state index in [1.54, 1.807) is 0 Å². The molecule has 6 nitrogen and oxygen atoms in total. The van der Waals surface area contributed by atoms with Gasteiger partial charge in [-0.3, -0.25) is 9.59 Å². The lowest BCUT2D eigenvalue weighted by molar-refractivity contribution is -0.139. The van der Waals surface area contributed by atoms with E-state index < -0.39 is 17.4 Å². The normalized spacial score (nSPS) is 21.4. The van der Waals surface area contributed by atoms with E-state index in [-0.39, 0.29) is 12.2 Å². The largest absolute Gasteiger partial charge is 0.494 e. The highest BCUT2D eigenvalue weighted by atomic mass is 16.6. The fraction of sp³-hybridized carbons (Fsp3) is 0.667. The first-order valence-corrected chi connectivity index (χ1v) is 6.10. The van der Waals surface area contributed by atoms with Gasteiger partial charge in [-0.05, 0) is 12.8 Å². The van der Waals surface area contributed by atoms with Gasteiger partial charge in [-0.2, -0.15) is 0 Å². The zero-order valence-corrected chi connectivity index (χ0v) is 10.1. The number of nitrogens with one attached hydrogen (secondary N) is 1. The Hall–Kier alpha value is -1.72. The Morgan fingerprint density at radius 1 is 1.33 bits per heavy atom. The average Bonchev–Trinajstić information content (AvgIpc) is 2.77. The Labute approximate surface area is 105 Å². The van der Waals surface area contributed by atoms with Gasteiger partial charge in [0.05, 0.1) is 12.0 Å². The summed E-state index contributed by atoms with van der Waals surface area (Å²) in [5.41, 5.74) is -0.634. The van der Waals surface area contributed by atoms with E-state index in [1.165, 1.54) is 6.26 Å². The SMILES string of the molecule is O=C(O)CC1(NC(=O)C2=COCCO2)CCCC1. The van der Waals surface area contributed by atoms with Crippen LogP contribution in [0.4, 0.5) is 0 Å². The van der Waals surface area contributed by atoms with Crippen molar-refractivity contribution in [2.45, 2.75) is 37.6 Å². The summed E-state index contributed by atoms with van der Waals surface area (Å²) < 4.78 is 10.2. The predicted molar refractivity (Wildman–Crippen MR) is 61.6 cm³/mol. The summed E-state index contributed by atoms with van der Waals surface area (Å²) in [6.45, 7) is 0.766. The second-order valence-electron chi connectivity index (χ2n) is 4.71. The summed E-state index contributed by atoms with van der Waals surface area (Å²) in [6.07, 6.45) is 4.49. The van der Waals surface area contributed by atoms with Crippen LogP contribution in [0.2, 0.25) is 0 Å². The molecule has 0 radical (unpaired) electrons. The molecule has 0 aromatic carbocycles. The van der Waals surface area contributed by atoms with Crippen LogP contribution in [-0.2, 0) is 19.1 Å². The topological polar surface area (TPSA) is 84.9 Å². The molecule has 2 aliphatic rings. The Bertz CT molecular complexity index is 371. The summed E-state index contributed by atoms with van der Waals surface area (Å²) >= 11 is 0. The number of hydrogen-bond donors (Lipinski definition) is 2. The van der Waals surface area contributed by atoms with E-state index in [0.29, 0.717) is 26.1 Å². The first-order valence-electron chi connectivity index (χ1n) is 6.10. The molecule has 1 heterocycles. The Kier molecular flexibility index (Phi) is 3.74. The third-order valence-corrected chi connectivity index (χ3v) is 3.30. The summed E-state index contributed by atoms with van der Waals surface area (Å²) in [5, 5.41) is 11.7. The van der Waals surface area contributed by atoms with E-state index in [1.807, 2.05) is 0 Å². The minimum absolute atomic E-state index is 0.0487. The second-order valence-corrected chi connectivity index (χ2v) is 4.71. The second kappa shape index (κ2) is 5.29. The Balaban J connectivity index is 2.02. The van der Waals surface area contributed by atoms with Crippen molar-refractivity contribution in [3.8, 4) is 0 Å². The maximum atomic E-state index is 12.0. The van der Waals surface area contributed by atoms with Crippen LogP contribution < -0.4 is 5.32 Å². The average molecular weight is 255 g/mol. The van der Waals surface area contributed by atoms with Crippen LogP contribution in [0, 0.1) is 0 Å². The molecular formula is C12H17NO5. The molecule has 1 fully saturated rings. The van der Waals surface area contributed by atoms with Gasteiger partial charge in [-0.1, -0.05) is 12.8 Å². The van der Waals surface area contributed by atoms with Crippen molar-refractivity contribution in [1.82, 2.24) is 5.32 Å². The van der Waals surface area contributed by atoms with Crippen molar-refractivity contribution in [1.29, 1.82) is 0 Å². The van der Waals surface area contributed by atoms with E-state index in [2.05, 4.69) is 5.32 Å². The minimum atomic E-state index is -0.896. The molecule has 0 saturated heterocycles. The molecule has 1 amide bonds. The standard InChI is InChI=1S/C12H17NO5/c14-10(15)7-12(3-1-2-4-12)13-11(16)9-8-17-5-6-18-9/h8H,1-7H2,(H,13,16)(H,14,15). The maximum Gasteiger partial charge on any atom is 0.305 e. The van der Waals surface area contributed by atoms with Gasteiger partial charge in [0.25, 0.3) is 5.91 Å². The third-order valence-electron chi connectivity index (χ3n) is 3.30. The zero-order valence-electron chi connectivity index (χ0n) is 10.1. The molecule has 100 valence electrons. The maximum absolute atomic E-state index is 12.0. The number of aliphatic carboxylic acids is 1. The van der Waals surface area contributed by atoms with Gasteiger partial charge in [0.2, 0.25) is 5.76 Å². The van der Waals surface area contributed by atoms with Crippen LogP contribution in [0.3, 0.4) is 0 Å². The summed E-state index contributed by atoms with van der Waals surface area (Å²) in [7, 11) is 0. The van der Waals surface area contributed by atoms with Crippen molar-refractivity contribution < 1.29 is 24.2 Å². The van der Waals surface area contributed by atoms with Gasteiger partial charge in [0.1, 0.15) is 19.5 Å². The van der Waals surface area contributed by atoms with Gasteiger partial charge >= 0.3 is 5.97 Å². The van der Waals surface area contributed by atoms with E-state index >= 15 is 0 Å². The van der Waals surface area contributed by atoms with Crippen molar-refractivity contribution in [3.63, 3.8) is 0 Å². The Morgan fingerprint density at radius 2 is 2.06 bits per heavy atom. The van der Waals surface area contributed by atoms with E-state index in [9.17, 15) is 9.59 Å². The number of ether oxygens (including phenoxy) is 2. The molecule has 0 aromatic heterocycles. The van der Waals surface area contributed by atoms with Crippen LogP contribution in [0.1, 0.15) is 32.1 Å². The quantitative estimate of drug-likeness (QED) is 0.775. The number of carboxylic acids is 1. The molecule has 1 aliphatic carbocycles. The molecule has 0 aromatic rings. The van der Waals surface area contributed by atoms with Crippen LogP contribution in [-0.4, -0.2) is 35.7 Å². The van der Waals surface area contributed by atoms with E-state index in [4.69, 9.17) is 14.6 Å². The van der Waals surface area contributed by atoms with Gasteiger partial charge in [-0.25, -0.2) is 0 Å². The molecule has 1 saturated carbocycles. The molecule has 0 bridgehead atoms. The molecular weight excluding hydrogens is 238 g/mol. The smallest absolute Gasteiger partial charge is 0.305 e. The third kappa shape index (κ3) is 2.94. The van der Waals surface area contributed by atoms with Crippen LogP contribution in [0.25, 0.3) is 0 Å². The minimum Gasteiger partial charge on any atom is -0.494 e. The molecule has 0 unspecified atom stereocenters. The number of carbonyl (C=O) groups is 2.